The summed E-state index contributed by atoms with van der Waals surface area (Å²) in [5, 5.41) is 1.05. The van der Waals surface area contributed by atoms with Gasteiger partial charge >= 0.3 is 0 Å². The van der Waals surface area contributed by atoms with Crippen LogP contribution in [0.4, 0.5) is 0 Å². The Bertz CT molecular complexity index is 1510. The standard InChI is InChI=1S/C29H29N3O4S/c1-19-13-20(2)15-23(14-19)32-28(34)25-8-7-22(27(33)31-9-11-36-12-10-31)17-26(25)30-29(32)37-18-21-5-4-6-24(16-21)35-3/h4-8,13-17H,9-12,18H2,1-3H3. The number of fused-ring (bicyclic) bond motifs is 1. The summed E-state index contributed by atoms with van der Waals surface area (Å²) in [6.07, 6.45) is 0. The zero-order valence-corrected chi connectivity index (χ0v) is 22.0. The van der Waals surface area contributed by atoms with E-state index in [4.69, 9.17) is 14.5 Å². The van der Waals surface area contributed by atoms with E-state index in [2.05, 4.69) is 6.07 Å². The van der Waals surface area contributed by atoms with Crippen molar-refractivity contribution in [3.63, 3.8) is 0 Å². The normalized spacial score (nSPS) is 13.6. The topological polar surface area (TPSA) is 73.7 Å². The van der Waals surface area contributed by atoms with Crippen molar-refractivity contribution in [2.45, 2.75) is 24.8 Å². The first-order valence-corrected chi connectivity index (χ1v) is 13.2. The zero-order valence-electron chi connectivity index (χ0n) is 21.2. The minimum atomic E-state index is -0.159. The molecule has 0 aliphatic carbocycles. The molecule has 1 amide bonds. The van der Waals surface area contributed by atoms with Crippen molar-refractivity contribution < 1.29 is 14.3 Å². The van der Waals surface area contributed by atoms with Crippen LogP contribution in [0.15, 0.2) is 70.6 Å². The number of nitrogens with zero attached hydrogens (tertiary/aromatic N) is 3. The molecular formula is C29H29N3O4S. The maximum Gasteiger partial charge on any atom is 0.266 e. The van der Waals surface area contributed by atoms with Crippen LogP contribution in [0.1, 0.15) is 27.0 Å². The number of benzene rings is 3. The smallest absolute Gasteiger partial charge is 0.266 e. The second-order valence-electron chi connectivity index (χ2n) is 9.16. The van der Waals surface area contributed by atoms with E-state index in [1.165, 1.54) is 11.8 Å². The highest BCUT2D eigenvalue weighted by molar-refractivity contribution is 7.98. The molecule has 3 aromatic carbocycles. The van der Waals surface area contributed by atoms with Crippen LogP contribution in [-0.2, 0) is 10.5 Å². The number of amides is 1. The van der Waals surface area contributed by atoms with Crippen LogP contribution >= 0.6 is 11.8 Å². The Morgan fingerprint density at radius 1 is 1.03 bits per heavy atom. The average molecular weight is 516 g/mol. The van der Waals surface area contributed by atoms with Crippen LogP contribution in [0, 0.1) is 13.8 Å². The van der Waals surface area contributed by atoms with Crippen LogP contribution in [-0.4, -0.2) is 53.8 Å². The van der Waals surface area contributed by atoms with E-state index < -0.39 is 0 Å². The highest BCUT2D eigenvalue weighted by Crippen LogP contribution is 2.27. The molecule has 1 aliphatic heterocycles. The number of carbonyl (C=O) groups is 1. The van der Waals surface area contributed by atoms with E-state index in [0.29, 0.717) is 53.7 Å². The summed E-state index contributed by atoms with van der Waals surface area (Å²) in [6.45, 7) is 6.21. The van der Waals surface area contributed by atoms with Crippen molar-refractivity contribution in [2.75, 3.05) is 33.4 Å². The molecule has 1 saturated heterocycles. The lowest BCUT2D eigenvalue weighted by molar-refractivity contribution is 0.0303. The Labute approximate surface area is 220 Å². The van der Waals surface area contributed by atoms with Gasteiger partial charge in [0.25, 0.3) is 11.5 Å². The van der Waals surface area contributed by atoms with Gasteiger partial charge in [-0.15, -0.1) is 0 Å². The summed E-state index contributed by atoms with van der Waals surface area (Å²) in [4.78, 5) is 33.6. The Balaban J connectivity index is 1.60. The maximum atomic E-state index is 13.8. The van der Waals surface area contributed by atoms with E-state index >= 15 is 0 Å². The van der Waals surface area contributed by atoms with Crippen molar-refractivity contribution in [1.82, 2.24) is 14.5 Å². The van der Waals surface area contributed by atoms with Gasteiger partial charge in [-0.1, -0.05) is 30.0 Å². The molecule has 7 nitrogen and oxygen atoms in total. The maximum absolute atomic E-state index is 13.8. The first-order chi connectivity index (χ1) is 17.9. The van der Waals surface area contributed by atoms with E-state index in [1.54, 1.807) is 34.8 Å². The average Bonchev–Trinajstić information content (AvgIpc) is 2.91. The molecule has 0 N–H and O–H groups in total. The van der Waals surface area contributed by atoms with Gasteiger partial charge < -0.3 is 14.4 Å². The summed E-state index contributed by atoms with van der Waals surface area (Å²) in [7, 11) is 1.64. The highest BCUT2D eigenvalue weighted by Gasteiger charge is 2.21. The number of ether oxygens (including phenoxy) is 2. The number of hydrogen-bond donors (Lipinski definition) is 0. The van der Waals surface area contributed by atoms with E-state index in [1.807, 2.05) is 50.2 Å². The Kier molecular flexibility index (Phi) is 7.30. The van der Waals surface area contributed by atoms with Crippen LogP contribution in [0.3, 0.4) is 0 Å². The molecule has 0 spiro atoms. The monoisotopic (exact) mass is 515 g/mol. The second kappa shape index (κ2) is 10.8. The number of aromatic nitrogens is 2. The molecule has 0 bridgehead atoms. The van der Waals surface area contributed by atoms with Crippen molar-refractivity contribution in [1.29, 1.82) is 0 Å². The summed E-state index contributed by atoms with van der Waals surface area (Å²) in [6, 6.07) is 19.1. The van der Waals surface area contributed by atoms with Crippen LogP contribution < -0.4 is 10.3 Å². The number of morpholine rings is 1. The fraction of sp³-hybridized carbons (Fsp3) is 0.276. The summed E-state index contributed by atoms with van der Waals surface area (Å²) in [5.74, 6) is 1.31. The second-order valence-corrected chi connectivity index (χ2v) is 10.1. The van der Waals surface area contributed by atoms with Crippen LogP contribution in [0.25, 0.3) is 16.6 Å². The van der Waals surface area contributed by atoms with Gasteiger partial charge in [0.15, 0.2) is 5.16 Å². The lowest BCUT2D eigenvalue weighted by atomic mass is 10.1. The Hall–Kier alpha value is -3.62. The van der Waals surface area contributed by atoms with Gasteiger partial charge in [0.1, 0.15) is 5.75 Å². The molecule has 190 valence electrons. The first kappa shape index (κ1) is 25.0. The molecule has 5 rings (SSSR count). The fourth-order valence-corrected chi connectivity index (χ4v) is 5.52. The molecule has 1 aliphatic rings. The van der Waals surface area contributed by atoms with Crippen LogP contribution in [0.2, 0.25) is 0 Å². The fourth-order valence-electron chi connectivity index (χ4n) is 4.56. The predicted molar refractivity (Wildman–Crippen MR) is 146 cm³/mol. The molecule has 0 saturated carbocycles. The van der Waals surface area contributed by atoms with Gasteiger partial charge in [-0.3, -0.25) is 14.2 Å². The molecule has 8 heteroatoms. The third-order valence-electron chi connectivity index (χ3n) is 6.35. The number of methoxy groups -OCH3 is 1. The SMILES string of the molecule is COc1cccc(CSc2nc3cc(C(=O)N4CCOCC4)ccc3c(=O)n2-c2cc(C)cc(C)c2)c1. The van der Waals surface area contributed by atoms with Gasteiger partial charge in [-0.25, -0.2) is 4.98 Å². The van der Waals surface area contributed by atoms with Gasteiger partial charge in [-0.2, -0.15) is 0 Å². The Morgan fingerprint density at radius 2 is 1.78 bits per heavy atom. The van der Waals surface area contributed by atoms with Gasteiger partial charge in [0.2, 0.25) is 0 Å². The molecule has 1 aromatic heterocycles. The molecule has 2 heterocycles. The lowest BCUT2D eigenvalue weighted by Gasteiger charge is -2.26. The number of thioether (sulfide) groups is 1. The van der Waals surface area contributed by atoms with E-state index in [9.17, 15) is 9.59 Å². The quantitative estimate of drug-likeness (QED) is 0.272. The predicted octanol–water partition coefficient (Wildman–Crippen LogP) is 4.78. The summed E-state index contributed by atoms with van der Waals surface area (Å²) in [5.41, 5.74) is 4.84. The lowest BCUT2D eigenvalue weighted by Crippen LogP contribution is -2.40. The van der Waals surface area contributed by atoms with Gasteiger partial charge in [-0.05, 0) is 73.0 Å². The van der Waals surface area contributed by atoms with Crippen molar-refractivity contribution in [3.8, 4) is 11.4 Å². The molecule has 0 radical (unpaired) electrons. The Morgan fingerprint density at radius 3 is 2.51 bits per heavy atom. The largest absolute Gasteiger partial charge is 0.497 e. The third-order valence-corrected chi connectivity index (χ3v) is 7.36. The third kappa shape index (κ3) is 5.40. The molecular weight excluding hydrogens is 486 g/mol. The molecule has 0 unspecified atom stereocenters. The van der Waals surface area contributed by atoms with Crippen molar-refractivity contribution in [2.24, 2.45) is 0 Å². The summed E-state index contributed by atoms with van der Waals surface area (Å²) >= 11 is 1.48. The van der Waals surface area contributed by atoms with Crippen molar-refractivity contribution >= 4 is 28.6 Å². The molecule has 1 fully saturated rings. The number of rotatable bonds is 6. The molecule has 0 atom stereocenters. The van der Waals surface area contributed by atoms with Gasteiger partial charge in [0, 0.05) is 24.4 Å². The van der Waals surface area contributed by atoms with E-state index in [0.717, 1.165) is 28.1 Å². The number of carbonyl (C=O) groups excluding carboxylic acids is 1. The minimum Gasteiger partial charge on any atom is -0.497 e. The molecule has 37 heavy (non-hydrogen) atoms. The van der Waals surface area contributed by atoms with Crippen molar-refractivity contribution in [3.05, 3.63) is 93.3 Å². The summed E-state index contributed by atoms with van der Waals surface area (Å²) < 4.78 is 12.4. The first-order valence-electron chi connectivity index (χ1n) is 12.2. The van der Waals surface area contributed by atoms with Crippen LogP contribution in [0.5, 0.6) is 5.75 Å². The highest BCUT2D eigenvalue weighted by atomic mass is 32.2. The van der Waals surface area contributed by atoms with Gasteiger partial charge in [0.05, 0.1) is 36.9 Å². The van der Waals surface area contributed by atoms with E-state index in [-0.39, 0.29) is 11.5 Å². The zero-order chi connectivity index (χ0) is 25.9. The molecule has 4 aromatic rings. The number of hydrogen-bond acceptors (Lipinski definition) is 6. The number of aryl methyl sites for hydroxylation is 2. The minimum absolute atomic E-state index is 0.0731.